The number of aliphatic hydroxyl groups is 1. The average Bonchev–Trinajstić information content (AvgIpc) is 2.92. The van der Waals surface area contributed by atoms with Crippen molar-refractivity contribution in [3.05, 3.63) is 23.8 Å². The first-order valence-corrected chi connectivity index (χ1v) is 10.6. The minimum absolute atomic E-state index is 0.163. The van der Waals surface area contributed by atoms with Crippen molar-refractivity contribution in [2.24, 2.45) is 34.5 Å². The maximum Gasteiger partial charge on any atom is 0.417 e. The summed E-state index contributed by atoms with van der Waals surface area (Å²) < 4.78 is 40.2. The van der Waals surface area contributed by atoms with Crippen LogP contribution in [0.25, 0.3) is 0 Å². The lowest BCUT2D eigenvalue weighted by molar-refractivity contribution is -0.271. The van der Waals surface area contributed by atoms with Crippen molar-refractivity contribution in [1.29, 1.82) is 0 Å². The summed E-state index contributed by atoms with van der Waals surface area (Å²) in [4.78, 5) is 0. The molecule has 1 nitrogen and oxygen atoms in total. The van der Waals surface area contributed by atoms with Crippen LogP contribution in [0.15, 0.2) is 23.8 Å². The lowest BCUT2D eigenvalue weighted by atomic mass is 9.46. The zero-order chi connectivity index (χ0) is 19.8. The van der Waals surface area contributed by atoms with Crippen molar-refractivity contribution < 1.29 is 18.3 Å². The number of alkyl halides is 3. The summed E-state index contributed by atoms with van der Waals surface area (Å²) in [5.41, 5.74) is -0.246. The van der Waals surface area contributed by atoms with Gasteiger partial charge in [-0.05, 0) is 86.4 Å². The van der Waals surface area contributed by atoms with Crippen LogP contribution in [0.1, 0.15) is 72.1 Å². The molecule has 0 heterocycles. The molecule has 0 aromatic rings. The van der Waals surface area contributed by atoms with E-state index in [9.17, 15) is 18.3 Å². The molecule has 7 atom stereocenters. The molecule has 0 aliphatic heterocycles. The summed E-state index contributed by atoms with van der Waals surface area (Å²) in [6.07, 6.45) is 3.16. The van der Waals surface area contributed by atoms with Gasteiger partial charge < -0.3 is 5.11 Å². The molecule has 4 heteroatoms. The SMILES string of the molecule is C=C(C)[C@H]1CC[C@H]2[C@@H]3CC=C4C[C@](O)(C(F)(F)F)CC[C@]4(C)[C@H]3CC[C@]12C. The van der Waals surface area contributed by atoms with Gasteiger partial charge in [-0.15, -0.1) is 0 Å². The molecule has 3 saturated carbocycles. The number of hydrogen-bond donors (Lipinski definition) is 1. The van der Waals surface area contributed by atoms with Gasteiger partial charge >= 0.3 is 6.18 Å². The summed E-state index contributed by atoms with van der Waals surface area (Å²) in [6, 6.07) is 0. The van der Waals surface area contributed by atoms with E-state index in [0.717, 1.165) is 24.8 Å². The Labute approximate surface area is 161 Å². The first kappa shape index (κ1) is 19.5. The van der Waals surface area contributed by atoms with Crippen molar-refractivity contribution in [2.45, 2.75) is 83.9 Å². The van der Waals surface area contributed by atoms with Crippen molar-refractivity contribution >= 4 is 0 Å². The van der Waals surface area contributed by atoms with Gasteiger partial charge in [-0.2, -0.15) is 13.2 Å². The molecule has 4 aliphatic rings. The van der Waals surface area contributed by atoms with Gasteiger partial charge in [-0.3, -0.25) is 0 Å². The summed E-state index contributed by atoms with van der Waals surface area (Å²) in [5.74, 6) is 2.26. The molecule has 0 amide bonds. The van der Waals surface area contributed by atoms with Gasteiger partial charge in [-0.25, -0.2) is 0 Å². The van der Waals surface area contributed by atoms with Crippen LogP contribution < -0.4 is 0 Å². The van der Waals surface area contributed by atoms with Crippen molar-refractivity contribution in [3.8, 4) is 0 Å². The second-order valence-electron chi connectivity index (χ2n) is 10.5. The quantitative estimate of drug-likeness (QED) is 0.518. The minimum atomic E-state index is -4.54. The number of fused-ring (bicyclic) bond motifs is 5. The highest BCUT2D eigenvalue weighted by Crippen LogP contribution is 2.68. The molecule has 0 saturated heterocycles. The third-order valence-electron chi connectivity index (χ3n) is 9.29. The molecular formula is C23H33F3O. The third kappa shape index (κ3) is 2.61. The molecule has 0 aromatic heterocycles. The second kappa shape index (κ2) is 5.87. The maximum atomic E-state index is 13.4. The molecule has 0 aromatic carbocycles. The van der Waals surface area contributed by atoms with Crippen molar-refractivity contribution in [3.63, 3.8) is 0 Å². The van der Waals surface area contributed by atoms with E-state index >= 15 is 0 Å². The summed E-state index contributed by atoms with van der Waals surface area (Å²) in [7, 11) is 0. The topological polar surface area (TPSA) is 20.2 Å². The van der Waals surface area contributed by atoms with Crippen LogP contribution >= 0.6 is 0 Å². The fourth-order valence-corrected chi connectivity index (χ4v) is 7.70. The zero-order valence-electron chi connectivity index (χ0n) is 16.8. The van der Waals surface area contributed by atoms with Gasteiger partial charge in [-0.1, -0.05) is 37.6 Å². The van der Waals surface area contributed by atoms with E-state index < -0.39 is 11.8 Å². The molecule has 0 bridgehead atoms. The fraction of sp³-hybridized carbons (Fsp3) is 0.826. The smallest absolute Gasteiger partial charge is 0.380 e. The third-order valence-corrected chi connectivity index (χ3v) is 9.29. The normalized spacial score (nSPS) is 49.7. The Balaban J connectivity index is 1.64. The first-order valence-electron chi connectivity index (χ1n) is 10.6. The van der Waals surface area contributed by atoms with Gasteiger partial charge in [0, 0.05) is 6.42 Å². The highest BCUT2D eigenvalue weighted by Gasteiger charge is 2.63. The highest BCUT2D eigenvalue weighted by molar-refractivity contribution is 5.28. The van der Waals surface area contributed by atoms with Gasteiger partial charge in [0.05, 0.1) is 0 Å². The highest BCUT2D eigenvalue weighted by atomic mass is 19.4. The van der Waals surface area contributed by atoms with E-state index in [1.807, 2.05) is 0 Å². The first-order chi connectivity index (χ1) is 12.4. The van der Waals surface area contributed by atoms with Gasteiger partial charge in [0.15, 0.2) is 5.60 Å². The van der Waals surface area contributed by atoms with E-state index in [-0.39, 0.29) is 18.3 Å². The fourth-order valence-electron chi connectivity index (χ4n) is 7.70. The molecule has 0 spiro atoms. The largest absolute Gasteiger partial charge is 0.417 e. The standard InChI is InChI=1S/C23H33F3O/c1-14(2)17-7-8-18-16-6-5-15-13-22(27,23(24,25)26)12-11-20(15,3)19(16)9-10-21(17,18)4/h5,16-19,27H,1,6-13H2,2-4H3/t16-,17+,18-,19-,20-,21+,22-/m0/s1. The van der Waals surface area contributed by atoms with Crippen LogP contribution in [0.4, 0.5) is 13.2 Å². The molecular weight excluding hydrogens is 349 g/mol. The van der Waals surface area contributed by atoms with E-state index in [2.05, 4.69) is 33.4 Å². The monoisotopic (exact) mass is 382 g/mol. The van der Waals surface area contributed by atoms with Crippen LogP contribution in [-0.4, -0.2) is 16.9 Å². The van der Waals surface area contributed by atoms with Crippen molar-refractivity contribution in [1.82, 2.24) is 0 Å². The predicted molar refractivity (Wildman–Crippen MR) is 101 cm³/mol. The van der Waals surface area contributed by atoms with Gasteiger partial charge in [0.2, 0.25) is 0 Å². The minimum Gasteiger partial charge on any atom is -0.380 e. The molecule has 4 aliphatic carbocycles. The molecule has 3 fully saturated rings. The Morgan fingerprint density at radius 2 is 1.81 bits per heavy atom. The number of hydrogen-bond acceptors (Lipinski definition) is 1. The molecule has 0 unspecified atom stereocenters. The Bertz CT molecular complexity index is 680. The Hall–Kier alpha value is -0.770. The Kier molecular flexibility index (Phi) is 4.25. The van der Waals surface area contributed by atoms with Crippen LogP contribution in [0.2, 0.25) is 0 Å². The molecule has 0 radical (unpaired) electrons. The lowest BCUT2D eigenvalue weighted by Crippen LogP contribution is -2.55. The van der Waals surface area contributed by atoms with Crippen LogP contribution in [-0.2, 0) is 0 Å². The Morgan fingerprint density at radius 1 is 1.11 bits per heavy atom. The zero-order valence-corrected chi connectivity index (χ0v) is 16.8. The molecule has 1 N–H and O–H groups in total. The van der Waals surface area contributed by atoms with Crippen LogP contribution in [0.5, 0.6) is 0 Å². The second-order valence-corrected chi connectivity index (χ2v) is 10.5. The van der Waals surface area contributed by atoms with Gasteiger partial charge in [0.1, 0.15) is 0 Å². The van der Waals surface area contributed by atoms with Crippen LogP contribution in [0, 0.1) is 34.5 Å². The maximum absolute atomic E-state index is 13.4. The average molecular weight is 383 g/mol. The number of allylic oxidation sites excluding steroid dienone is 2. The summed E-state index contributed by atoms with van der Waals surface area (Å²) in [5, 5.41) is 10.3. The number of rotatable bonds is 1. The lowest BCUT2D eigenvalue weighted by Gasteiger charge is -2.59. The predicted octanol–water partition coefficient (Wildman–Crippen LogP) is 6.43. The summed E-state index contributed by atoms with van der Waals surface area (Å²) >= 11 is 0. The molecule has 152 valence electrons. The van der Waals surface area contributed by atoms with Crippen LogP contribution in [0.3, 0.4) is 0 Å². The van der Waals surface area contributed by atoms with Crippen molar-refractivity contribution in [2.75, 3.05) is 0 Å². The Morgan fingerprint density at radius 3 is 2.44 bits per heavy atom. The van der Waals surface area contributed by atoms with E-state index in [1.54, 1.807) is 0 Å². The van der Waals surface area contributed by atoms with E-state index in [0.29, 0.717) is 35.5 Å². The van der Waals surface area contributed by atoms with E-state index in [4.69, 9.17) is 0 Å². The van der Waals surface area contributed by atoms with Gasteiger partial charge in [0.25, 0.3) is 0 Å². The number of halogens is 3. The molecule has 4 rings (SSSR count). The van der Waals surface area contributed by atoms with E-state index in [1.165, 1.54) is 18.4 Å². The molecule has 27 heavy (non-hydrogen) atoms. The summed E-state index contributed by atoms with van der Waals surface area (Å²) in [6.45, 7) is 11.0.